The summed E-state index contributed by atoms with van der Waals surface area (Å²) in [6, 6.07) is 0. The number of likely N-dealkylation sites (tertiary alicyclic amines) is 1. The molecule has 116 valence electrons. The van der Waals surface area contributed by atoms with E-state index in [0.29, 0.717) is 43.2 Å². The standard InChI is InChI=1S/C14H22N4O3/c1-9-12(10(2)21-17-9)14(20)18-7-3-4-11(8-18)13(19)16-6-5-15/h11H,3-8,15H2,1-2H3,(H,16,19). The number of nitrogens with zero attached hydrogens (tertiary/aromatic N) is 2. The fraction of sp³-hybridized carbons (Fsp3) is 0.643. The van der Waals surface area contributed by atoms with Crippen molar-refractivity contribution in [3.05, 3.63) is 17.0 Å². The summed E-state index contributed by atoms with van der Waals surface area (Å²) >= 11 is 0. The Bertz CT molecular complexity index is 507. The second kappa shape index (κ2) is 6.71. The van der Waals surface area contributed by atoms with Gasteiger partial charge in [0.15, 0.2) is 0 Å². The number of rotatable bonds is 4. The van der Waals surface area contributed by atoms with Gasteiger partial charge in [-0.15, -0.1) is 0 Å². The van der Waals surface area contributed by atoms with Crippen molar-refractivity contribution in [3.8, 4) is 0 Å². The minimum atomic E-state index is -0.172. The Morgan fingerprint density at radius 1 is 1.48 bits per heavy atom. The van der Waals surface area contributed by atoms with Crippen LogP contribution in [-0.4, -0.2) is 48.0 Å². The molecule has 1 aliphatic heterocycles. The van der Waals surface area contributed by atoms with Crippen molar-refractivity contribution in [2.45, 2.75) is 26.7 Å². The summed E-state index contributed by atoms with van der Waals surface area (Å²) in [6.45, 7) is 5.44. The summed E-state index contributed by atoms with van der Waals surface area (Å²) < 4.78 is 5.04. The van der Waals surface area contributed by atoms with Crippen molar-refractivity contribution in [1.29, 1.82) is 0 Å². The van der Waals surface area contributed by atoms with Gasteiger partial charge in [-0.25, -0.2) is 0 Å². The van der Waals surface area contributed by atoms with Gasteiger partial charge in [0.25, 0.3) is 5.91 Å². The summed E-state index contributed by atoms with van der Waals surface area (Å²) in [5, 5.41) is 6.60. The molecule has 1 saturated heterocycles. The number of hydrogen-bond acceptors (Lipinski definition) is 5. The number of nitrogens with one attached hydrogen (secondary N) is 1. The average molecular weight is 294 g/mol. The van der Waals surface area contributed by atoms with Gasteiger partial charge < -0.3 is 20.5 Å². The zero-order chi connectivity index (χ0) is 15.4. The number of carbonyl (C=O) groups is 2. The van der Waals surface area contributed by atoms with Crippen molar-refractivity contribution in [3.63, 3.8) is 0 Å². The normalized spacial score (nSPS) is 18.6. The summed E-state index contributed by atoms with van der Waals surface area (Å²) in [5.74, 6) is 0.209. The molecule has 0 spiro atoms. The zero-order valence-corrected chi connectivity index (χ0v) is 12.5. The van der Waals surface area contributed by atoms with Crippen LogP contribution in [0.2, 0.25) is 0 Å². The predicted octanol–water partition coefficient (Wildman–Crippen LogP) is 0.219. The van der Waals surface area contributed by atoms with Crippen LogP contribution in [0.4, 0.5) is 0 Å². The summed E-state index contributed by atoms with van der Waals surface area (Å²) in [7, 11) is 0. The van der Waals surface area contributed by atoms with Crippen molar-refractivity contribution in [2.24, 2.45) is 11.7 Å². The molecule has 1 atom stereocenters. The van der Waals surface area contributed by atoms with Crippen LogP contribution in [-0.2, 0) is 4.79 Å². The maximum atomic E-state index is 12.6. The number of aryl methyl sites for hydroxylation is 2. The molecular weight excluding hydrogens is 272 g/mol. The number of amides is 2. The highest BCUT2D eigenvalue weighted by atomic mass is 16.5. The highest BCUT2D eigenvalue weighted by molar-refractivity contribution is 5.96. The quantitative estimate of drug-likeness (QED) is 0.827. The maximum Gasteiger partial charge on any atom is 0.259 e. The molecule has 0 radical (unpaired) electrons. The molecule has 1 unspecified atom stereocenters. The molecule has 1 fully saturated rings. The number of nitrogens with two attached hydrogens (primary N) is 1. The van der Waals surface area contributed by atoms with Gasteiger partial charge >= 0.3 is 0 Å². The van der Waals surface area contributed by atoms with E-state index in [-0.39, 0.29) is 17.7 Å². The van der Waals surface area contributed by atoms with Gasteiger partial charge in [0.2, 0.25) is 5.91 Å². The smallest absolute Gasteiger partial charge is 0.259 e. The zero-order valence-electron chi connectivity index (χ0n) is 12.5. The molecule has 1 aromatic rings. The fourth-order valence-corrected chi connectivity index (χ4v) is 2.66. The Hall–Kier alpha value is -1.89. The minimum absolute atomic E-state index is 0.0308. The lowest BCUT2D eigenvalue weighted by atomic mass is 9.96. The van der Waals surface area contributed by atoms with E-state index in [4.69, 9.17) is 10.3 Å². The molecule has 3 N–H and O–H groups in total. The van der Waals surface area contributed by atoms with Gasteiger partial charge in [0, 0.05) is 26.2 Å². The molecule has 21 heavy (non-hydrogen) atoms. The van der Waals surface area contributed by atoms with E-state index >= 15 is 0 Å². The van der Waals surface area contributed by atoms with E-state index in [1.807, 2.05) is 0 Å². The van der Waals surface area contributed by atoms with Crippen LogP contribution in [0.3, 0.4) is 0 Å². The lowest BCUT2D eigenvalue weighted by Crippen LogP contribution is -2.46. The van der Waals surface area contributed by atoms with E-state index in [1.54, 1.807) is 18.7 Å². The number of hydrogen-bond donors (Lipinski definition) is 2. The van der Waals surface area contributed by atoms with Crippen LogP contribution in [0.1, 0.15) is 34.7 Å². The van der Waals surface area contributed by atoms with Gasteiger partial charge in [-0.3, -0.25) is 9.59 Å². The van der Waals surface area contributed by atoms with E-state index in [1.165, 1.54) is 0 Å². The Balaban J connectivity index is 2.04. The van der Waals surface area contributed by atoms with E-state index in [0.717, 1.165) is 12.8 Å². The van der Waals surface area contributed by atoms with E-state index in [2.05, 4.69) is 10.5 Å². The summed E-state index contributed by atoms with van der Waals surface area (Å²) in [5.41, 5.74) is 6.48. The molecule has 0 saturated carbocycles. The first-order valence-electron chi connectivity index (χ1n) is 7.24. The first-order valence-corrected chi connectivity index (χ1v) is 7.24. The van der Waals surface area contributed by atoms with Crippen LogP contribution in [0.15, 0.2) is 4.52 Å². The predicted molar refractivity (Wildman–Crippen MR) is 76.7 cm³/mol. The third-order valence-electron chi connectivity index (χ3n) is 3.77. The first kappa shape index (κ1) is 15.5. The van der Waals surface area contributed by atoms with Crippen LogP contribution < -0.4 is 11.1 Å². The molecule has 1 aromatic heterocycles. The average Bonchev–Trinajstić information content (AvgIpc) is 2.83. The molecule has 0 aromatic carbocycles. The van der Waals surface area contributed by atoms with Gasteiger partial charge in [-0.1, -0.05) is 5.16 Å². The molecule has 2 heterocycles. The van der Waals surface area contributed by atoms with Crippen molar-refractivity contribution < 1.29 is 14.1 Å². The molecule has 7 heteroatoms. The molecule has 7 nitrogen and oxygen atoms in total. The third kappa shape index (κ3) is 3.41. The van der Waals surface area contributed by atoms with E-state index in [9.17, 15) is 9.59 Å². The lowest BCUT2D eigenvalue weighted by Gasteiger charge is -2.32. The number of carbonyl (C=O) groups excluding carboxylic acids is 2. The van der Waals surface area contributed by atoms with Crippen molar-refractivity contribution in [1.82, 2.24) is 15.4 Å². The van der Waals surface area contributed by atoms with Crippen LogP contribution >= 0.6 is 0 Å². The lowest BCUT2D eigenvalue weighted by molar-refractivity contribution is -0.126. The number of piperidine rings is 1. The Labute approximate surface area is 123 Å². The third-order valence-corrected chi connectivity index (χ3v) is 3.77. The fourth-order valence-electron chi connectivity index (χ4n) is 2.66. The topological polar surface area (TPSA) is 101 Å². The van der Waals surface area contributed by atoms with Crippen LogP contribution in [0, 0.1) is 19.8 Å². The van der Waals surface area contributed by atoms with Gasteiger partial charge in [-0.05, 0) is 26.7 Å². The Kier molecular flexibility index (Phi) is 4.95. The minimum Gasteiger partial charge on any atom is -0.361 e. The SMILES string of the molecule is Cc1noc(C)c1C(=O)N1CCCC(C(=O)NCCN)C1. The van der Waals surface area contributed by atoms with Crippen LogP contribution in [0.25, 0.3) is 0 Å². The molecule has 0 aliphatic carbocycles. The Morgan fingerprint density at radius 2 is 2.24 bits per heavy atom. The van der Waals surface area contributed by atoms with Gasteiger partial charge in [-0.2, -0.15) is 0 Å². The van der Waals surface area contributed by atoms with E-state index < -0.39 is 0 Å². The van der Waals surface area contributed by atoms with Gasteiger partial charge in [0.1, 0.15) is 11.3 Å². The van der Waals surface area contributed by atoms with Crippen molar-refractivity contribution >= 4 is 11.8 Å². The Morgan fingerprint density at radius 3 is 2.86 bits per heavy atom. The first-order chi connectivity index (χ1) is 10.0. The summed E-state index contributed by atoms with van der Waals surface area (Å²) in [6.07, 6.45) is 1.61. The van der Waals surface area contributed by atoms with Crippen LogP contribution in [0.5, 0.6) is 0 Å². The second-order valence-corrected chi connectivity index (χ2v) is 5.37. The molecular formula is C14H22N4O3. The maximum absolute atomic E-state index is 12.6. The monoisotopic (exact) mass is 294 g/mol. The number of aromatic nitrogens is 1. The summed E-state index contributed by atoms with van der Waals surface area (Å²) in [4.78, 5) is 26.3. The highest BCUT2D eigenvalue weighted by Crippen LogP contribution is 2.21. The molecule has 1 aliphatic rings. The largest absolute Gasteiger partial charge is 0.361 e. The van der Waals surface area contributed by atoms with Gasteiger partial charge in [0.05, 0.1) is 11.6 Å². The molecule has 0 bridgehead atoms. The molecule has 2 rings (SSSR count). The second-order valence-electron chi connectivity index (χ2n) is 5.37. The molecule has 2 amide bonds. The van der Waals surface area contributed by atoms with Crippen molar-refractivity contribution in [2.75, 3.05) is 26.2 Å². The highest BCUT2D eigenvalue weighted by Gasteiger charge is 2.31.